The van der Waals surface area contributed by atoms with Gasteiger partial charge in [0.2, 0.25) is 0 Å². The second-order valence-electron chi connectivity index (χ2n) is 6.39. The minimum Gasteiger partial charge on any atom is -0.488 e. The average molecular weight is 445 g/mol. The van der Waals surface area contributed by atoms with E-state index in [0.717, 1.165) is 47.0 Å². The molecule has 0 radical (unpaired) electrons. The summed E-state index contributed by atoms with van der Waals surface area (Å²) in [4.78, 5) is 4.27. The van der Waals surface area contributed by atoms with Crippen LogP contribution in [0.15, 0.2) is 58.1 Å². The predicted molar refractivity (Wildman–Crippen MR) is 115 cm³/mol. The van der Waals surface area contributed by atoms with Gasteiger partial charge in [-0.1, -0.05) is 18.2 Å². The number of rotatable bonds is 8. The number of aliphatic imine (C=N–C) groups is 1. The van der Waals surface area contributed by atoms with Crippen molar-refractivity contribution in [3.63, 3.8) is 0 Å². The van der Waals surface area contributed by atoms with Gasteiger partial charge >= 0.3 is 0 Å². The lowest BCUT2D eigenvalue weighted by Gasteiger charge is -2.18. The first kappa shape index (κ1) is 20.1. The molecule has 8 heteroatoms. The molecule has 2 heterocycles. The van der Waals surface area contributed by atoms with Crippen molar-refractivity contribution in [2.45, 2.75) is 25.9 Å². The number of guanidine groups is 1. The molecule has 3 rings (SSSR count). The van der Waals surface area contributed by atoms with Gasteiger partial charge < -0.3 is 15.4 Å². The lowest BCUT2D eigenvalue weighted by molar-refractivity contribution is 0.222. The van der Waals surface area contributed by atoms with E-state index in [4.69, 9.17) is 4.74 Å². The van der Waals surface area contributed by atoms with E-state index in [2.05, 4.69) is 41.8 Å². The molecule has 1 aromatic carbocycles. The van der Waals surface area contributed by atoms with Crippen molar-refractivity contribution in [1.82, 2.24) is 25.2 Å². The Hall–Kier alpha value is -2.61. The van der Waals surface area contributed by atoms with Crippen LogP contribution in [0.3, 0.4) is 0 Å². The SMILES string of the molecule is CN=C(NCCCc1nnc2ccccn12)NCC(C)Oc1ccccc1Br. The fourth-order valence-corrected chi connectivity index (χ4v) is 3.15. The quantitative estimate of drug-likeness (QED) is 0.317. The zero-order chi connectivity index (χ0) is 19.8. The smallest absolute Gasteiger partial charge is 0.191 e. The number of fused-ring (bicyclic) bond motifs is 1. The van der Waals surface area contributed by atoms with Crippen molar-refractivity contribution >= 4 is 27.5 Å². The second-order valence-corrected chi connectivity index (χ2v) is 7.24. The maximum absolute atomic E-state index is 5.95. The second kappa shape index (κ2) is 10.1. The third-order valence-electron chi connectivity index (χ3n) is 4.20. The Kier molecular flexibility index (Phi) is 7.25. The molecule has 2 aromatic heterocycles. The average Bonchev–Trinajstić information content (AvgIpc) is 3.12. The van der Waals surface area contributed by atoms with Crippen LogP contribution in [0.1, 0.15) is 19.2 Å². The number of nitrogens with zero attached hydrogens (tertiary/aromatic N) is 4. The van der Waals surface area contributed by atoms with E-state index < -0.39 is 0 Å². The normalized spacial score (nSPS) is 12.8. The number of para-hydroxylation sites is 1. The largest absolute Gasteiger partial charge is 0.488 e. The Balaban J connectivity index is 1.39. The van der Waals surface area contributed by atoms with Gasteiger partial charge in [0.15, 0.2) is 11.6 Å². The van der Waals surface area contributed by atoms with E-state index in [1.165, 1.54) is 0 Å². The van der Waals surface area contributed by atoms with E-state index in [-0.39, 0.29) is 6.10 Å². The van der Waals surface area contributed by atoms with Gasteiger partial charge in [0, 0.05) is 26.2 Å². The van der Waals surface area contributed by atoms with Gasteiger partial charge in [0.1, 0.15) is 17.7 Å². The zero-order valence-electron chi connectivity index (χ0n) is 16.1. The topological polar surface area (TPSA) is 75.8 Å². The lowest BCUT2D eigenvalue weighted by atomic mass is 10.3. The summed E-state index contributed by atoms with van der Waals surface area (Å²) in [5.74, 6) is 2.56. The summed E-state index contributed by atoms with van der Waals surface area (Å²) in [6.07, 6.45) is 3.76. The van der Waals surface area contributed by atoms with Crippen molar-refractivity contribution in [2.75, 3.05) is 20.1 Å². The van der Waals surface area contributed by atoms with Crippen molar-refractivity contribution < 1.29 is 4.74 Å². The number of halogens is 1. The Bertz CT molecular complexity index is 926. The summed E-state index contributed by atoms with van der Waals surface area (Å²) < 4.78 is 8.92. The Morgan fingerprint density at radius 1 is 1.18 bits per heavy atom. The highest BCUT2D eigenvalue weighted by atomic mass is 79.9. The predicted octanol–water partition coefficient (Wildman–Crippen LogP) is 3.06. The maximum atomic E-state index is 5.95. The number of aryl methyl sites for hydroxylation is 1. The van der Waals surface area contributed by atoms with Crippen LogP contribution in [0.4, 0.5) is 0 Å². The lowest BCUT2D eigenvalue weighted by Crippen LogP contribution is -2.42. The van der Waals surface area contributed by atoms with Gasteiger partial charge in [0.05, 0.1) is 11.0 Å². The summed E-state index contributed by atoms with van der Waals surface area (Å²) >= 11 is 3.50. The molecule has 0 aliphatic rings. The van der Waals surface area contributed by atoms with Crippen molar-refractivity contribution in [3.05, 3.63) is 59.0 Å². The third kappa shape index (κ3) is 5.45. The molecule has 0 aliphatic carbocycles. The van der Waals surface area contributed by atoms with E-state index in [9.17, 15) is 0 Å². The number of ether oxygens (including phenoxy) is 1. The molecule has 0 bridgehead atoms. The minimum absolute atomic E-state index is 0.000363. The van der Waals surface area contributed by atoms with Gasteiger partial charge in [-0.05, 0) is 53.5 Å². The Morgan fingerprint density at radius 3 is 2.82 bits per heavy atom. The van der Waals surface area contributed by atoms with Gasteiger partial charge in [-0.3, -0.25) is 9.39 Å². The van der Waals surface area contributed by atoms with Crippen LogP contribution in [-0.4, -0.2) is 46.8 Å². The molecule has 0 fully saturated rings. The summed E-state index contributed by atoms with van der Waals surface area (Å²) in [6.45, 7) is 3.47. The first-order chi connectivity index (χ1) is 13.7. The van der Waals surface area contributed by atoms with Gasteiger partial charge in [-0.2, -0.15) is 0 Å². The number of pyridine rings is 1. The molecule has 1 unspecified atom stereocenters. The van der Waals surface area contributed by atoms with Crippen LogP contribution in [0, 0.1) is 0 Å². The Morgan fingerprint density at radius 2 is 2.00 bits per heavy atom. The summed E-state index contributed by atoms with van der Waals surface area (Å²) in [6, 6.07) is 13.7. The standard InChI is InChI=1S/C20H25BrN6O/c1-15(28-17-9-4-3-8-16(17)21)14-24-20(22-2)23-12-7-11-19-26-25-18-10-5-6-13-27(18)19/h3-6,8-10,13,15H,7,11-12,14H2,1-2H3,(H2,22,23,24). The van der Waals surface area contributed by atoms with Crippen LogP contribution in [0.5, 0.6) is 5.75 Å². The highest BCUT2D eigenvalue weighted by molar-refractivity contribution is 9.10. The number of nitrogens with one attached hydrogen (secondary N) is 2. The first-order valence-electron chi connectivity index (χ1n) is 9.31. The molecule has 148 valence electrons. The van der Waals surface area contributed by atoms with Crippen LogP contribution < -0.4 is 15.4 Å². The maximum Gasteiger partial charge on any atom is 0.191 e. The van der Waals surface area contributed by atoms with E-state index >= 15 is 0 Å². The first-order valence-corrected chi connectivity index (χ1v) is 10.1. The molecular formula is C20H25BrN6O. The molecular weight excluding hydrogens is 420 g/mol. The van der Waals surface area contributed by atoms with E-state index in [1.54, 1.807) is 7.05 Å². The molecule has 7 nitrogen and oxygen atoms in total. The number of hydrogen-bond donors (Lipinski definition) is 2. The highest BCUT2D eigenvalue weighted by Gasteiger charge is 2.08. The van der Waals surface area contributed by atoms with Crippen molar-refractivity contribution in [2.24, 2.45) is 4.99 Å². The van der Waals surface area contributed by atoms with Crippen molar-refractivity contribution in [1.29, 1.82) is 0 Å². The van der Waals surface area contributed by atoms with Crippen molar-refractivity contribution in [3.8, 4) is 5.75 Å². The fourth-order valence-electron chi connectivity index (χ4n) is 2.77. The highest BCUT2D eigenvalue weighted by Crippen LogP contribution is 2.24. The molecule has 0 saturated heterocycles. The summed E-state index contributed by atoms with van der Waals surface area (Å²) in [5.41, 5.74) is 0.877. The summed E-state index contributed by atoms with van der Waals surface area (Å²) in [5, 5.41) is 15.1. The molecule has 0 spiro atoms. The van der Waals surface area contributed by atoms with Crippen LogP contribution in [-0.2, 0) is 6.42 Å². The fraction of sp³-hybridized carbons (Fsp3) is 0.350. The van der Waals surface area contributed by atoms with Crippen LogP contribution >= 0.6 is 15.9 Å². The summed E-state index contributed by atoms with van der Waals surface area (Å²) in [7, 11) is 1.76. The van der Waals surface area contributed by atoms with Gasteiger partial charge in [0.25, 0.3) is 0 Å². The molecule has 3 aromatic rings. The molecule has 0 aliphatic heterocycles. The molecule has 28 heavy (non-hydrogen) atoms. The molecule has 2 N–H and O–H groups in total. The number of benzene rings is 1. The van der Waals surface area contributed by atoms with Crippen LogP contribution in [0.25, 0.3) is 5.65 Å². The molecule has 0 amide bonds. The number of hydrogen-bond acceptors (Lipinski definition) is 4. The van der Waals surface area contributed by atoms with Gasteiger partial charge in [-0.25, -0.2) is 0 Å². The molecule has 1 atom stereocenters. The van der Waals surface area contributed by atoms with E-state index in [1.807, 2.05) is 60.0 Å². The monoisotopic (exact) mass is 444 g/mol. The zero-order valence-corrected chi connectivity index (χ0v) is 17.7. The van der Waals surface area contributed by atoms with Gasteiger partial charge in [-0.15, -0.1) is 10.2 Å². The number of aromatic nitrogens is 3. The van der Waals surface area contributed by atoms with E-state index in [0.29, 0.717) is 6.54 Å². The molecule has 0 saturated carbocycles. The third-order valence-corrected chi connectivity index (χ3v) is 4.85. The Labute approximate surface area is 173 Å². The minimum atomic E-state index is -0.000363. The van der Waals surface area contributed by atoms with Crippen LogP contribution in [0.2, 0.25) is 0 Å².